The van der Waals surface area contributed by atoms with Crippen molar-refractivity contribution in [1.29, 1.82) is 0 Å². The summed E-state index contributed by atoms with van der Waals surface area (Å²) in [6.45, 7) is 2.45. The van der Waals surface area contributed by atoms with Crippen LogP contribution < -0.4 is 10.6 Å². The third kappa shape index (κ3) is 3.91. The molecule has 0 bridgehead atoms. The summed E-state index contributed by atoms with van der Waals surface area (Å²) in [5.41, 5.74) is -0.585. The van der Waals surface area contributed by atoms with Crippen molar-refractivity contribution in [2.24, 2.45) is 0 Å². The standard InChI is InChI=1S/C13H16F2N2O3/c1-3-16-10(18)6-7-17-9-5-4-8(13(19)20-2)11(14)12(9)15/h4-5,17H,3,6-7H2,1-2H3,(H,16,18). The molecule has 0 radical (unpaired) electrons. The number of carbonyl (C=O) groups is 2. The molecule has 0 aromatic heterocycles. The number of hydrogen-bond donors (Lipinski definition) is 2. The predicted molar refractivity (Wildman–Crippen MR) is 69.5 cm³/mol. The van der Waals surface area contributed by atoms with Gasteiger partial charge in [-0.25, -0.2) is 13.6 Å². The van der Waals surface area contributed by atoms with Crippen molar-refractivity contribution in [2.75, 3.05) is 25.5 Å². The van der Waals surface area contributed by atoms with Crippen LogP contribution in [-0.4, -0.2) is 32.1 Å². The smallest absolute Gasteiger partial charge is 0.340 e. The van der Waals surface area contributed by atoms with Gasteiger partial charge in [-0.15, -0.1) is 0 Å². The van der Waals surface area contributed by atoms with Gasteiger partial charge in [0.05, 0.1) is 18.4 Å². The van der Waals surface area contributed by atoms with Gasteiger partial charge in [0.1, 0.15) is 0 Å². The molecule has 0 aliphatic rings. The van der Waals surface area contributed by atoms with Gasteiger partial charge in [-0.2, -0.15) is 0 Å². The van der Waals surface area contributed by atoms with Crippen LogP contribution in [-0.2, 0) is 9.53 Å². The van der Waals surface area contributed by atoms with Gasteiger partial charge in [0.15, 0.2) is 11.6 Å². The fourth-order valence-electron chi connectivity index (χ4n) is 1.55. The Kier molecular flexibility index (Phi) is 5.89. The summed E-state index contributed by atoms with van der Waals surface area (Å²) < 4.78 is 31.6. The molecule has 0 aliphatic heterocycles. The molecule has 1 rings (SSSR count). The Balaban J connectivity index is 2.71. The molecule has 5 nitrogen and oxygen atoms in total. The summed E-state index contributed by atoms with van der Waals surface area (Å²) in [6, 6.07) is 2.35. The molecular weight excluding hydrogens is 270 g/mol. The zero-order valence-corrected chi connectivity index (χ0v) is 11.3. The topological polar surface area (TPSA) is 67.4 Å². The Morgan fingerprint density at radius 2 is 1.95 bits per heavy atom. The number of carbonyl (C=O) groups excluding carboxylic acids is 2. The van der Waals surface area contributed by atoms with Gasteiger partial charge < -0.3 is 15.4 Å². The maximum absolute atomic E-state index is 13.7. The van der Waals surface area contributed by atoms with E-state index >= 15 is 0 Å². The van der Waals surface area contributed by atoms with Crippen LogP contribution in [0.2, 0.25) is 0 Å². The molecular formula is C13H16F2N2O3. The second-order valence-corrected chi connectivity index (χ2v) is 3.91. The Hall–Kier alpha value is -2.18. The van der Waals surface area contributed by atoms with E-state index in [2.05, 4.69) is 15.4 Å². The average molecular weight is 286 g/mol. The van der Waals surface area contributed by atoms with Crippen LogP contribution in [0.25, 0.3) is 0 Å². The maximum Gasteiger partial charge on any atom is 0.340 e. The van der Waals surface area contributed by atoms with Crippen molar-refractivity contribution in [3.63, 3.8) is 0 Å². The molecule has 1 aromatic carbocycles. The van der Waals surface area contributed by atoms with E-state index in [4.69, 9.17) is 0 Å². The highest BCUT2D eigenvalue weighted by Crippen LogP contribution is 2.21. The van der Waals surface area contributed by atoms with Crippen LogP contribution in [0.3, 0.4) is 0 Å². The third-order valence-corrected chi connectivity index (χ3v) is 2.53. The monoisotopic (exact) mass is 286 g/mol. The fourth-order valence-corrected chi connectivity index (χ4v) is 1.55. The van der Waals surface area contributed by atoms with Gasteiger partial charge in [0, 0.05) is 19.5 Å². The normalized spacial score (nSPS) is 10.0. The first-order valence-electron chi connectivity index (χ1n) is 6.08. The van der Waals surface area contributed by atoms with Crippen molar-refractivity contribution in [2.45, 2.75) is 13.3 Å². The number of benzene rings is 1. The van der Waals surface area contributed by atoms with Crippen molar-refractivity contribution in [3.8, 4) is 0 Å². The zero-order chi connectivity index (χ0) is 15.1. The number of halogens is 2. The fraction of sp³-hybridized carbons (Fsp3) is 0.385. The molecule has 1 aromatic rings. The van der Waals surface area contributed by atoms with Gasteiger partial charge in [-0.05, 0) is 19.1 Å². The molecule has 110 valence electrons. The zero-order valence-electron chi connectivity index (χ0n) is 11.3. The van der Waals surface area contributed by atoms with E-state index in [0.29, 0.717) is 6.54 Å². The Morgan fingerprint density at radius 1 is 1.25 bits per heavy atom. The lowest BCUT2D eigenvalue weighted by molar-refractivity contribution is -0.120. The minimum absolute atomic E-state index is 0.112. The predicted octanol–water partition coefficient (Wildman–Crippen LogP) is 1.69. The van der Waals surface area contributed by atoms with E-state index in [1.165, 1.54) is 6.07 Å². The number of hydrogen-bond acceptors (Lipinski definition) is 4. The van der Waals surface area contributed by atoms with E-state index < -0.39 is 23.2 Å². The molecule has 0 saturated carbocycles. The molecule has 0 unspecified atom stereocenters. The minimum atomic E-state index is -1.28. The molecule has 0 saturated heterocycles. The maximum atomic E-state index is 13.7. The SMILES string of the molecule is CCNC(=O)CCNc1ccc(C(=O)OC)c(F)c1F. The molecule has 20 heavy (non-hydrogen) atoms. The van der Waals surface area contributed by atoms with Gasteiger partial charge in [-0.3, -0.25) is 4.79 Å². The number of anilines is 1. The minimum Gasteiger partial charge on any atom is -0.465 e. The number of nitrogens with one attached hydrogen (secondary N) is 2. The third-order valence-electron chi connectivity index (χ3n) is 2.53. The number of rotatable bonds is 6. The molecule has 0 heterocycles. The Labute approximate surface area is 115 Å². The molecule has 0 fully saturated rings. The van der Waals surface area contributed by atoms with Gasteiger partial charge >= 0.3 is 5.97 Å². The lowest BCUT2D eigenvalue weighted by atomic mass is 10.1. The number of esters is 1. The second-order valence-electron chi connectivity index (χ2n) is 3.91. The van der Waals surface area contributed by atoms with Crippen molar-refractivity contribution in [3.05, 3.63) is 29.3 Å². The lowest BCUT2D eigenvalue weighted by Crippen LogP contribution is -2.25. The van der Waals surface area contributed by atoms with Crippen LogP contribution >= 0.6 is 0 Å². The second kappa shape index (κ2) is 7.42. The molecule has 0 atom stereocenters. The molecule has 7 heteroatoms. The van der Waals surface area contributed by atoms with Crippen molar-refractivity contribution in [1.82, 2.24) is 5.32 Å². The summed E-state index contributed by atoms with van der Waals surface area (Å²) >= 11 is 0. The number of ether oxygens (including phenoxy) is 1. The Bertz CT molecular complexity index is 507. The van der Waals surface area contributed by atoms with Crippen molar-refractivity contribution >= 4 is 17.6 Å². The number of amides is 1. The van der Waals surface area contributed by atoms with Gasteiger partial charge in [0.25, 0.3) is 0 Å². The van der Waals surface area contributed by atoms with Crippen LogP contribution in [0, 0.1) is 11.6 Å². The average Bonchev–Trinajstić information content (AvgIpc) is 2.43. The quantitative estimate of drug-likeness (QED) is 0.781. The molecule has 1 amide bonds. The van der Waals surface area contributed by atoms with E-state index in [9.17, 15) is 18.4 Å². The van der Waals surface area contributed by atoms with Crippen molar-refractivity contribution < 1.29 is 23.1 Å². The molecule has 2 N–H and O–H groups in total. The summed E-state index contributed by atoms with van der Waals surface area (Å²) in [4.78, 5) is 22.4. The first-order valence-corrected chi connectivity index (χ1v) is 6.08. The Morgan fingerprint density at radius 3 is 2.55 bits per heavy atom. The summed E-state index contributed by atoms with van der Waals surface area (Å²) in [6.07, 6.45) is 0.133. The van der Waals surface area contributed by atoms with Gasteiger partial charge in [-0.1, -0.05) is 0 Å². The lowest BCUT2D eigenvalue weighted by Gasteiger charge is -2.09. The van der Waals surface area contributed by atoms with E-state index in [1.54, 1.807) is 6.92 Å². The highest BCUT2D eigenvalue weighted by atomic mass is 19.2. The van der Waals surface area contributed by atoms with Crippen LogP contribution in [0.4, 0.5) is 14.5 Å². The first-order chi connectivity index (χ1) is 9.51. The first kappa shape index (κ1) is 15.9. The number of methoxy groups -OCH3 is 1. The summed E-state index contributed by atoms with van der Waals surface area (Å²) in [5.74, 6) is -3.59. The molecule has 0 spiro atoms. The summed E-state index contributed by atoms with van der Waals surface area (Å²) in [5, 5.41) is 5.18. The molecule has 0 aliphatic carbocycles. The van der Waals surface area contributed by atoms with E-state index in [1.807, 2.05) is 0 Å². The van der Waals surface area contributed by atoms with Crippen LogP contribution in [0.15, 0.2) is 12.1 Å². The van der Waals surface area contributed by atoms with E-state index in [-0.39, 0.29) is 24.6 Å². The highest BCUT2D eigenvalue weighted by molar-refractivity contribution is 5.90. The van der Waals surface area contributed by atoms with Crippen LogP contribution in [0.1, 0.15) is 23.7 Å². The largest absolute Gasteiger partial charge is 0.465 e. The summed E-state index contributed by atoms with van der Waals surface area (Å²) in [7, 11) is 1.08. The van der Waals surface area contributed by atoms with E-state index in [0.717, 1.165) is 13.2 Å². The van der Waals surface area contributed by atoms with Gasteiger partial charge in [0.2, 0.25) is 5.91 Å². The van der Waals surface area contributed by atoms with Crippen LogP contribution in [0.5, 0.6) is 0 Å². The highest BCUT2D eigenvalue weighted by Gasteiger charge is 2.18.